The Morgan fingerprint density at radius 2 is 2.24 bits per heavy atom. The van der Waals surface area contributed by atoms with Crippen LogP contribution in [0.3, 0.4) is 0 Å². The molecule has 5 heteroatoms. The summed E-state index contributed by atoms with van der Waals surface area (Å²) >= 11 is 0. The van der Waals surface area contributed by atoms with E-state index in [2.05, 4.69) is 5.32 Å². The summed E-state index contributed by atoms with van der Waals surface area (Å²) in [4.78, 5) is 11.9. The van der Waals surface area contributed by atoms with Crippen LogP contribution in [0.4, 0.5) is 4.39 Å². The number of carbonyl (C=O) groups excluding carboxylic acids is 1. The molecule has 1 saturated carbocycles. The first-order valence-electron chi connectivity index (χ1n) is 7.41. The fraction of sp³-hybridized carbons (Fsp3) is 0.562. The van der Waals surface area contributed by atoms with E-state index in [1.54, 1.807) is 26.0 Å². The largest absolute Gasteiger partial charge is 0.494 e. The standard InChI is InChI=1S/C16H22FNO3/c1-3-20-16(19)15(18-12-4-5-12)8-9-21-13-6-7-14(17)11(2)10-13/h6-7,10,12,15,18H,3-5,8-9H2,1-2H3. The monoisotopic (exact) mass is 295 g/mol. The molecule has 21 heavy (non-hydrogen) atoms. The summed E-state index contributed by atoms with van der Waals surface area (Å²) < 4.78 is 23.8. The fourth-order valence-corrected chi connectivity index (χ4v) is 2.05. The minimum atomic E-state index is -0.334. The summed E-state index contributed by atoms with van der Waals surface area (Å²) in [5, 5.41) is 3.27. The highest BCUT2D eigenvalue weighted by Crippen LogP contribution is 2.21. The number of esters is 1. The van der Waals surface area contributed by atoms with Crippen molar-refractivity contribution in [2.75, 3.05) is 13.2 Å². The van der Waals surface area contributed by atoms with E-state index in [4.69, 9.17) is 9.47 Å². The first kappa shape index (κ1) is 15.8. The number of carbonyl (C=O) groups is 1. The van der Waals surface area contributed by atoms with E-state index >= 15 is 0 Å². The van der Waals surface area contributed by atoms with Crippen molar-refractivity contribution in [3.05, 3.63) is 29.6 Å². The lowest BCUT2D eigenvalue weighted by Crippen LogP contribution is -2.40. The van der Waals surface area contributed by atoms with Crippen LogP contribution in [-0.2, 0) is 9.53 Å². The number of ether oxygens (including phenoxy) is 2. The highest BCUT2D eigenvalue weighted by molar-refractivity contribution is 5.75. The van der Waals surface area contributed by atoms with Crippen LogP contribution in [0.2, 0.25) is 0 Å². The van der Waals surface area contributed by atoms with Gasteiger partial charge in [-0.05, 0) is 50.5 Å². The number of halogens is 1. The molecule has 0 aromatic heterocycles. The van der Waals surface area contributed by atoms with Gasteiger partial charge >= 0.3 is 5.97 Å². The Morgan fingerprint density at radius 1 is 1.48 bits per heavy atom. The lowest BCUT2D eigenvalue weighted by molar-refractivity contribution is -0.146. The molecule has 0 radical (unpaired) electrons. The first-order valence-corrected chi connectivity index (χ1v) is 7.41. The summed E-state index contributed by atoms with van der Waals surface area (Å²) in [7, 11) is 0. The van der Waals surface area contributed by atoms with Crippen LogP contribution in [0.5, 0.6) is 5.75 Å². The Labute approximate surface area is 124 Å². The van der Waals surface area contributed by atoms with Gasteiger partial charge in [-0.25, -0.2) is 4.39 Å². The highest BCUT2D eigenvalue weighted by Gasteiger charge is 2.29. The zero-order valence-corrected chi connectivity index (χ0v) is 12.5. The van der Waals surface area contributed by atoms with Gasteiger partial charge in [0.05, 0.1) is 13.2 Å². The van der Waals surface area contributed by atoms with Gasteiger partial charge in [0, 0.05) is 12.5 Å². The fourth-order valence-electron chi connectivity index (χ4n) is 2.05. The number of aryl methyl sites for hydroxylation is 1. The SMILES string of the molecule is CCOC(=O)C(CCOc1ccc(F)c(C)c1)NC1CC1. The lowest BCUT2D eigenvalue weighted by atomic mass is 10.2. The van der Waals surface area contributed by atoms with E-state index in [0.29, 0.717) is 37.0 Å². The van der Waals surface area contributed by atoms with Crippen LogP contribution in [-0.4, -0.2) is 31.3 Å². The molecule has 4 nitrogen and oxygen atoms in total. The minimum absolute atomic E-state index is 0.233. The average molecular weight is 295 g/mol. The number of hydrogen-bond acceptors (Lipinski definition) is 4. The molecule has 0 amide bonds. The van der Waals surface area contributed by atoms with Gasteiger partial charge in [0.25, 0.3) is 0 Å². The smallest absolute Gasteiger partial charge is 0.323 e. The van der Waals surface area contributed by atoms with Gasteiger partial charge in [-0.3, -0.25) is 4.79 Å². The second-order valence-electron chi connectivity index (χ2n) is 5.29. The molecule has 1 aliphatic rings. The van der Waals surface area contributed by atoms with Crippen LogP contribution in [0.15, 0.2) is 18.2 Å². The Hall–Kier alpha value is -1.62. The molecular formula is C16H22FNO3. The normalized spacial score (nSPS) is 15.6. The van der Waals surface area contributed by atoms with Crippen molar-refractivity contribution in [2.45, 2.75) is 45.2 Å². The Bertz CT molecular complexity index is 488. The average Bonchev–Trinajstić information content (AvgIpc) is 3.26. The third-order valence-electron chi connectivity index (χ3n) is 3.39. The van der Waals surface area contributed by atoms with E-state index in [0.717, 1.165) is 12.8 Å². The zero-order valence-electron chi connectivity index (χ0n) is 12.5. The molecule has 0 spiro atoms. The van der Waals surface area contributed by atoms with Crippen molar-refractivity contribution >= 4 is 5.97 Å². The Kier molecular flexibility index (Phi) is 5.56. The van der Waals surface area contributed by atoms with Crippen molar-refractivity contribution in [1.29, 1.82) is 0 Å². The van der Waals surface area contributed by atoms with E-state index in [1.807, 2.05) is 0 Å². The molecule has 0 saturated heterocycles. The van der Waals surface area contributed by atoms with Crippen molar-refractivity contribution in [3.63, 3.8) is 0 Å². The summed E-state index contributed by atoms with van der Waals surface area (Å²) in [5.74, 6) is 0.133. The number of nitrogens with one attached hydrogen (secondary N) is 1. The lowest BCUT2D eigenvalue weighted by Gasteiger charge is -2.17. The molecule has 1 atom stereocenters. The van der Waals surface area contributed by atoms with Gasteiger partial charge in [-0.2, -0.15) is 0 Å². The third-order valence-corrected chi connectivity index (χ3v) is 3.39. The minimum Gasteiger partial charge on any atom is -0.494 e. The Balaban J connectivity index is 1.82. The van der Waals surface area contributed by atoms with Crippen molar-refractivity contribution < 1.29 is 18.7 Å². The molecule has 1 N–H and O–H groups in total. The molecule has 0 aliphatic heterocycles. The maximum Gasteiger partial charge on any atom is 0.323 e. The van der Waals surface area contributed by atoms with Crippen LogP contribution in [0.1, 0.15) is 31.7 Å². The quantitative estimate of drug-likeness (QED) is 0.749. The molecule has 1 aliphatic carbocycles. The van der Waals surface area contributed by atoms with Gasteiger partial charge in [-0.1, -0.05) is 0 Å². The second kappa shape index (κ2) is 7.41. The van der Waals surface area contributed by atoms with Gasteiger partial charge < -0.3 is 14.8 Å². The molecule has 0 bridgehead atoms. The summed E-state index contributed by atoms with van der Waals surface area (Å²) in [6.45, 7) is 4.25. The molecule has 1 unspecified atom stereocenters. The zero-order chi connectivity index (χ0) is 15.2. The van der Waals surface area contributed by atoms with Crippen LogP contribution in [0, 0.1) is 12.7 Å². The molecule has 1 fully saturated rings. The van der Waals surface area contributed by atoms with Crippen LogP contribution >= 0.6 is 0 Å². The molecule has 1 aromatic carbocycles. The second-order valence-corrected chi connectivity index (χ2v) is 5.29. The van der Waals surface area contributed by atoms with Gasteiger partial charge in [0.2, 0.25) is 0 Å². The number of hydrogen-bond donors (Lipinski definition) is 1. The summed E-state index contributed by atoms with van der Waals surface area (Å²) in [6.07, 6.45) is 2.74. The van der Waals surface area contributed by atoms with E-state index in [1.165, 1.54) is 6.07 Å². The van der Waals surface area contributed by atoms with Crippen LogP contribution < -0.4 is 10.1 Å². The Morgan fingerprint density at radius 3 is 2.86 bits per heavy atom. The van der Waals surface area contributed by atoms with Gasteiger partial charge in [-0.15, -0.1) is 0 Å². The van der Waals surface area contributed by atoms with E-state index < -0.39 is 0 Å². The predicted molar refractivity (Wildman–Crippen MR) is 77.8 cm³/mol. The van der Waals surface area contributed by atoms with Gasteiger partial charge in [0.1, 0.15) is 17.6 Å². The van der Waals surface area contributed by atoms with Crippen molar-refractivity contribution in [1.82, 2.24) is 5.32 Å². The summed E-state index contributed by atoms with van der Waals surface area (Å²) in [6, 6.07) is 4.72. The van der Waals surface area contributed by atoms with E-state index in [-0.39, 0.29) is 17.8 Å². The topological polar surface area (TPSA) is 47.6 Å². The van der Waals surface area contributed by atoms with Gasteiger partial charge in [0.15, 0.2) is 0 Å². The molecule has 0 heterocycles. The van der Waals surface area contributed by atoms with Crippen LogP contribution in [0.25, 0.3) is 0 Å². The molecule has 116 valence electrons. The molecule has 2 rings (SSSR count). The molecular weight excluding hydrogens is 273 g/mol. The van der Waals surface area contributed by atoms with Crippen molar-refractivity contribution in [3.8, 4) is 5.75 Å². The van der Waals surface area contributed by atoms with E-state index in [9.17, 15) is 9.18 Å². The number of rotatable bonds is 8. The summed E-state index contributed by atoms with van der Waals surface area (Å²) in [5.41, 5.74) is 0.547. The maximum absolute atomic E-state index is 13.2. The first-order chi connectivity index (χ1) is 10.1. The van der Waals surface area contributed by atoms with Crippen molar-refractivity contribution in [2.24, 2.45) is 0 Å². The predicted octanol–water partition coefficient (Wildman–Crippen LogP) is 2.59. The maximum atomic E-state index is 13.2. The molecule has 1 aromatic rings. The number of benzene rings is 1. The third kappa shape index (κ3) is 5.01. The highest BCUT2D eigenvalue weighted by atomic mass is 19.1.